The summed E-state index contributed by atoms with van der Waals surface area (Å²) in [6.07, 6.45) is 3.27. The Bertz CT molecular complexity index is 300. The van der Waals surface area contributed by atoms with Gasteiger partial charge in [-0.05, 0) is 25.2 Å². The number of aliphatic imine (C=N–C) groups is 1. The molecule has 0 fully saturated rings. The molecule has 0 aromatic heterocycles. The highest BCUT2D eigenvalue weighted by Crippen LogP contribution is 1.98. The minimum atomic E-state index is -0.156. The maximum Gasteiger partial charge on any atom is 0.305 e. The van der Waals surface area contributed by atoms with E-state index in [1.54, 1.807) is 7.05 Å². The van der Waals surface area contributed by atoms with Gasteiger partial charge in [0.25, 0.3) is 0 Å². The number of carbonyl (C=O) groups is 1. The van der Waals surface area contributed by atoms with E-state index in [2.05, 4.69) is 34.2 Å². The summed E-state index contributed by atoms with van der Waals surface area (Å²) in [7, 11) is 3.15. The number of hydrogen-bond acceptors (Lipinski definition) is 4. The predicted octanol–water partition coefficient (Wildman–Crippen LogP) is 2.18. The van der Waals surface area contributed by atoms with Gasteiger partial charge >= 0.3 is 5.97 Å². The lowest BCUT2D eigenvalue weighted by Gasteiger charge is -2.12. The van der Waals surface area contributed by atoms with Gasteiger partial charge in [0.1, 0.15) is 0 Å². The zero-order valence-electron chi connectivity index (χ0n) is 14.3. The topological polar surface area (TPSA) is 72.0 Å². The van der Waals surface area contributed by atoms with Crippen LogP contribution >= 0.6 is 24.0 Å². The van der Waals surface area contributed by atoms with Crippen molar-refractivity contribution in [2.75, 3.05) is 40.5 Å². The van der Waals surface area contributed by atoms with Crippen LogP contribution in [-0.2, 0) is 14.3 Å². The highest BCUT2D eigenvalue weighted by atomic mass is 127. The molecule has 0 aromatic rings. The molecular formula is C15H32IN3O3. The van der Waals surface area contributed by atoms with Crippen LogP contribution in [0, 0.1) is 5.92 Å². The molecule has 0 saturated carbocycles. The van der Waals surface area contributed by atoms with Crippen LogP contribution in [0.15, 0.2) is 4.99 Å². The largest absolute Gasteiger partial charge is 0.469 e. The van der Waals surface area contributed by atoms with E-state index in [1.807, 2.05) is 0 Å². The van der Waals surface area contributed by atoms with Crippen molar-refractivity contribution < 1.29 is 14.3 Å². The number of halogens is 1. The quantitative estimate of drug-likeness (QED) is 0.173. The van der Waals surface area contributed by atoms with E-state index in [0.717, 1.165) is 44.9 Å². The fraction of sp³-hybridized carbons (Fsp3) is 0.867. The Morgan fingerprint density at radius 2 is 1.82 bits per heavy atom. The third kappa shape index (κ3) is 15.8. The van der Waals surface area contributed by atoms with Gasteiger partial charge < -0.3 is 20.1 Å². The first kappa shape index (κ1) is 23.7. The van der Waals surface area contributed by atoms with Crippen LogP contribution in [0.25, 0.3) is 0 Å². The van der Waals surface area contributed by atoms with Crippen molar-refractivity contribution >= 4 is 35.9 Å². The molecule has 6 nitrogen and oxygen atoms in total. The van der Waals surface area contributed by atoms with Crippen molar-refractivity contribution in [3.63, 3.8) is 0 Å². The predicted molar refractivity (Wildman–Crippen MR) is 101 cm³/mol. The van der Waals surface area contributed by atoms with E-state index in [-0.39, 0.29) is 29.9 Å². The van der Waals surface area contributed by atoms with Crippen LogP contribution < -0.4 is 10.6 Å². The third-order valence-electron chi connectivity index (χ3n) is 2.93. The first-order valence-corrected chi connectivity index (χ1v) is 7.69. The van der Waals surface area contributed by atoms with Crippen molar-refractivity contribution in [1.82, 2.24) is 10.6 Å². The second-order valence-electron chi connectivity index (χ2n) is 5.25. The molecule has 0 bridgehead atoms. The second kappa shape index (κ2) is 16.8. The Labute approximate surface area is 151 Å². The molecule has 0 aromatic carbocycles. The number of rotatable bonds is 11. The zero-order valence-corrected chi connectivity index (χ0v) is 16.6. The summed E-state index contributed by atoms with van der Waals surface area (Å²) in [5, 5.41) is 6.39. The number of methoxy groups -OCH3 is 1. The molecule has 0 aliphatic heterocycles. The van der Waals surface area contributed by atoms with Gasteiger partial charge in [-0.2, -0.15) is 0 Å². The van der Waals surface area contributed by atoms with E-state index in [0.29, 0.717) is 18.9 Å². The van der Waals surface area contributed by atoms with Gasteiger partial charge in [0.2, 0.25) is 0 Å². The van der Waals surface area contributed by atoms with Crippen molar-refractivity contribution in [2.24, 2.45) is 10.9 Å². The molecular weight excluding hydrogens is 397 g/mol. The maximum atomic E-state index is 10.9. The lowest BCUT2D eigenvalue weighted by Crippen LogP contribution is -2.39. The lowest BCUT2D eigenvalue weighted by molar-refractivity contribution is -0.140. The number of hydrogen-bond donors (Lipinski definition) is 2. The van der Waals surface area contributed by atoms with Crippen LogP contribution in [0.5, 0.6) is 0 Å². The molecule has 0 spiro atoms. The number of nitrogens with zero attached hydrogens (tertiary/aromatic N) is 1. The summed E-state index contributed by atoms with van der Waals surface area (Å²) in [4.78, 5) is 15.1. The molecule has 7 heteroatoms. The third-order valence-corrected chi connectivity index (χ3v) is 2.93. The van der Waals surface area contributed by atoms with Gasteiger partial charge in [-0.3, -0.25) is 9.79 Å². The Morgan fingerprint density at radius 1 is 1.14 bits per heavy atom. The van der Waals surface area contributed by atoms with Gasteiger partial charge in [-0.25, -0.2) is 0 Å². The first-order valence-electron chi connectivity index (χ1n) is 7.69. The molecule has 0 aliphatic rings. The Kier molecular flexibility index (Phi) is 18.1. The number of esters is 1. The molecule has 22 heavy (non-hydrogen) atoms. The Hall–Kier alpha value is -0.570. The van der Waals surface area contributed by atoms with Crippen LogP contribution in [0.1, 0.15) is 39.5 Å². The number of ether oxygens (including phenoxy) is 2. The fourth-order valence-electron chi connectivity index (χ4n) is 1.59. The molecule has 0 rings (SSSR count). The molecule has 2 N–H and O–H groups in total. The number of guanidine groups is 1. The van der Waals surface area contributed by atoms with Gasteiger partial charge in [0, 0.05) is 33.2 Å². The smallest absolute Gasteiger partial charge is 0.305 e. The van der Waals surface area contributed by atoms with E-state index in [4.69, 9.17) is 4.74 Å². The number of nitrogens with one attached hydrogen (secondary N) is 2. The van der Waals surface area contributed by atoms with Gasteiger partial charge in [0.05, 0.1) is 13.7 Å². The molecule has 0 aliphatic carbocycles. The van der Waals surface area contributed by atoms with Crippen LogP contribution in [0.3, 0.4) is 0 Å². The number of carbonyl (C=O) groups excluding carboxylic acids is 1. The van der Waals surface area contributed by atoms with E-state index in [9.17, 15) is 4.79 Å². The summed E-state index contributed by atoms with van der Waals surface area (Å²) in [6.45, 7) is 7.38. The van der Waals surface area contributed by atoms with Gasteiger partial charge in [-0.1, -0.05) is 13.8 Å². The summed E-state index contributed by atoms with van der Waals surface area (Å²) in [6, 6.07) is 0. The minimum absolute atomic E-state index is 0. The van der Waals surface area contributed by atoms with Crippen molar-refractivity contribution in [2.45, 2.75) is 39.5 Å². The first-order chi connectivity index (χ1) is 10.1. The SMILES string of the molecule is CN=C(NCCCCC(=O)OC)NCCOCCC(C)C.I. The normalized spacial score (nSPS) is 11.0. The van der Waals surface area contributed by atoms with Crippen LogP contribution in [-0.4, -0.2) is 52.4 Å². The van der Waals surface area contributed by atoms with Crippen LogP contribution in [0.4, 0.5) is 0 Å². The van der Waals surface area contributed by atoms with Crippen molar-refractivity contribution in [3.8, 4) is 0 Å². The van der Waals surface area contributed by atoms with Crippen molar-refractivity contribution in [3.05, 3.63) is 0 Å². The lowest BCUT2D eigenvalue weighted by atomic mass is 10.1. The highest BCUT2D eigenvalue weighted by molar-refractivity contribution is 14.0. The Morgan fingerprint density at radius 3 is 2.41 bits per heavy atom. The monoisotopic (exact) mass is 429 g/mol. The van der Waals surface area contributed by atoms with E-state index < -0.39 is 0 Å². The maximum absolute atomic E-state index is 10.9. The molecule has 0 saturated heterocycles. The van der Waals surface area contributed by atoms with Crippen LogP contribution in [0.2, 0.25) is 0 Å². The average Bonchev–Trinajstić information content (AvgIpc) is 2.47. The molecule has 0 atom stereocenters. The Balaban J connectivity index is 0. The fourth-order valence-corrected chi connectivity index (χ4v) is 1.59. The molecule has 0 radical (unpaired) electrons. The summed E-state index contributed by atoms with van der Waals surface area (Å²) in [5.74, 6) is 1.29. The molecule has 0 unspecified atom stereocenters. The standard InChI is InChI=1S/C15H31N3O3.HI/c1-13(2)8-11-21-12-10-18-15(16-3)17-9-6-5-7-14(19)20-4;/h13H,5-12H2,1-4H3,(H2,16,17,18);1H. The summed E-state index contributed by atoms with van der Waals surface area (Å²) < 4.78 is 10.1. The molecule has 132 valence electrons. The summed E-state index contributed by atoms with van der Waals surface area (Å²) in [5.41, 5.74) is 0. The van der Waals surface area contributed by atoms with Gasteiger partial charge in [0.15, 0.2) is 5.96 Å². The molecule has 0 heterocycles. The van der Waals surface area contributed by atoms with Gasteiger partial charge in [-0.15, -0.1) is 24.0 Å². The van der Waals surface area contributed by atoms with E-state index in [1.165, 1.54) is 7.11 Å². The minimum Gasteiger partial charge on any atom is -0.469 e. The average molecular weight is 429 g/mol. The molecule has 0 amide bonds. The van der Waals surface area contributed by atoms with Crippen molar-refractivity contribution in [1.29, 1.82) is 0 Å². The second-order valence-corrected chi connectivity index (χ2v) is 5.25. The summed E-state index contributed by atoms with van der Waals surface area (Å²) >= 11 is 0. The zero-order chi connectivity index (χ0) is 15.9. The number of unbranched alkanes of at least 4 members (excludes halogenated alkanes) is 1. The highest BCUT2D eigenvalue weighted by Gasteiger charge is 2.00. The van der Waals surface area contributed by atoms with E-state index >= 15 is 0 Å².